The second-order valence-corrected chi connectivity index (χ2v) is 6.98. The molecule has 0 heterocycles. The van der Waals surface area contributed by atoms with E-state index in [0.29, 0.717) is 12.2 Å². The lowest BCUT2D eigenvalue weighted by Gasteiger charge is -2.22. The number of carbonyl (C=O) groups is 1. The van der Waals surface area contributed by atoms with Gasteiger partial charge in [-0.1, -0.05) is 28.1 Å². The van der Waals surface area contributed by atoms with Crippen LogP contribution in [0.5, 0.6) is 0 Å². The van der Waals surface area contributed by atoms with E-state index in [-0.39, 0.29) is 18.9 Å². The molecule has 1 amide bonds. The summed E-state index contributed by atoms with van der Waals surface area (Å²) in [7, 11) is -3.44. The van der Waals surface area contributed by atoms with Gasteiger partial charge in [-0.25, -0.2) is 8.42 Å². The van der Waals surface area contributed by atoms with Gasteiger partial charge in [-0.2, -0.15) is 0 Å². The van der Waals surface area contributed by atoms with Crippen molar-refractivity contribution in [3.8, 4) is 0 Å². The molecule has 1 N–H and O–H groups in total. The molecule has 0 bridgehead atoms. The van der Waals surface area contributed by atoms with Crippen molar-refractivity contribution in [3.05, 3.63) is 41.4 Å². The molecular formula is C13H17BrN2O3S. The molecule has 0 aromatic heterocycles. The molecule has 1 aromatic carbocycles. The SMILES string of the molecule is C=CCNC(=O)CCN(c1cccc(Br)c1)S(C)(=O)=O. The van der Waals surface area contributed by atoms with Crippen LogP contribution in [0, 0.1) is 0 Å². The molecule has 5 nitrogen and oxygen atoms in total. The average molecular weight is 361 g/mol. The fourth-order valence-corrected chi connectivity index (χ4v) is 2.90. The highest BCUT2D eigenvalue weighted by molar-refractivity contribution is 9.10. The van der Waals surface area contributed by atoms with E-state index in [2.05, 4.69) is 27.8 Å². The number of halogens is 1. The zero-order valence-electron chi connectivity index (χ0n) is 11.2. The van der Waals surface area contributed by atoms with Crippen LogP contribution in [0.1, 0.15) is 6.42 Å². The van der Waals surface area contributed by atoms with Gasteiger partial charge in [0.25, 0.3) is 0 Å². The van der Waals surface area contributed by atoms with E-state index >= 15 is 0 Å². The number of amides is 1. The molecule has 0 spiro atoms. The van der Waals surface area contributed by atoms with E-state index in [9.17, 15) is 13.2 Å². The average Bonchev–Trinajstić information content (AvgIpc) is 2.35. The molecule has 1 aromatic rings. The largest absolute Gasteiger partial charge is 0.353 e. The molecule has 1 rings (SSSR count). The Balaban J connectivity index is 2.82. The van der Waals surface area contributed by atoms with E-state index in [1.807, 2.05) is 0 Å². The molecule has 0 aliphatic carbocycles. The minimum absolute atomic E-state index is 0.0907. The first-order chi connectivity index (χ1) is 9.34. The lowest BCUT2D eigenvalue weighted by atomic mass is 10.3. The number of anilines is 1. The summed E-state index contributed by atoms with van der Waals surface area (Å²) in [4.78, 5) is 11.5. The van der Waals surface area contributed by atoms with Gasteiger partial charge in [-0.3, -0.25) is 9.10 Å². The lowest BCUT2D eigenvalue weighted by Crippen LogP contribution is -2.34. The zero-order chi connectivity index (χ0) is 15.2. The fourth-order valence-electron chi connectivity index (χ4n) is 1.60. The summed E-state index contributed by atoms with van der Waals surface area (Å²) in [5.41, 5.74) is 0.526. The van der Waals surface area contributed by atoms with Crippen molar-refractivity contribution in [2.75, 3.05) is 23.7 Å². The number of hydrogen-bond donors (Lipinski definition) is 1. The Morgan fingerprint density at radius 3 is 2.75 bits per heavy atom. The number of hydrogen-bond acceptors (Lipinski definition) is 3. The topological polar surface area (TPSA) is 66.5 Å². The quantitative estimate of drug-likeness (QED) is 0.755. The normalized spacial score (nSPS) is 10.9. The van der Waals surface area contributed by atoms with Crippen LogP contribution >= 0.6 is 15.9 Å². The van der Waals surface area contributed by atoms with Gasteiger partial charge < -0.3 is 5.32 Å². The number of benzene rings is 1. The molecule has 110 valence electrons. The Bertz CT molecular complexity index is 587. The van der Waals surface area contributed by atoms with Gasteiger partial charge >= 0.3 is 0 Å². The third kappa shape index (κ3) is 5.34. The van der Waals surface area contributed by atoms with Gasteiger partial charge in [0.05, 0.1) is 11.9 Å². The van der Waals surface area contributed by atoms with E-state index in [0.717, 1.165) is 10.7 Å². The van der Waals surface area contributed by atoms with Crippen molar-refractivity contribution < 1.29 is 13.2 Å². The minimum Gasteiger partial charge on any atom is -0.353 e. The summed E-state index contributed by atoms with van der Waals surface area (Å²) in [6.45, 7) is 3.96. The second-order valence-electron chi connectivity index (χ2n) is 4.16. The molecule has 0 radical (unpaired) electrons. The maximum Gasteiger partial charge on any atom is 0.232 e. The third-order valence-electron chi connectivity index (χ3n) is 2.48. The summed E-state index contributed by atoms with van der Waals surface area (Å²) in [5.74, 6) is -0.214. The molecule has 0 atom stereocenters. The Labute approximate surface area is 127 Å². The molecule has 0 saturated carbocycles. The number of carbonyl (C=O) groups excluding carboxylic acids is 1. The van der Waals surface area contributed by atoms with Gasteiger partial charge in [0.15, 0.2) is 0 Å². The van der Waals surface area contributed by atoms with E-state index in [1.54, 1.807) is 30.3 Å². The predicted octanol–water partition coefficient (Wildman–Crippen LogP) is 1.91. The van der Waals surface area contributed by atoms with Crippen molar-refractivity contribution in [3.63, 3.8) is 0 Å². The van der Waals surface area contributed by atoms with Gasteiger partial charge in [0.1, 0.15) is 0 Å². The smallest absolute Gasteiger partial charge is 0.232 e. The number of sulfonamides is 1. The van der Waals surface area contributed by atoms with Crippen molar-refractivity contribution in [1.29, 1.82) is 0 Å². The van der Waals surface area contributed by atoms with Crippen LogP contribution in [0.15, 0.2) is 41.4 Å². The number of nitrogens with one attached hydrogen (secondary N) is 1. The highest BCUT2D eigenvalue weighted by Crippen LogP contribution is 2.22. The predicted molar refractivity (Wildman–Crippen MR) is 84.2 cm³/mol. The Morgan fingerprint density at radius 2 is 2.20 bits per heavy atom. The van der Waals surface area contributed by atoms with Gasteiger partial charge in [0.2, 0.25) is 15.9 Å². The molecule has 0 fully saturated rings. The monoisotopic (exact) mass is 360 g/mol. The summed E-state index contributed by atoms with van der Waals surface area (Å²) >= 11 is 3.30. The summed E-state index contributed by atoms with van der Waals surface area (Å²) in [6, 6.07) is 6.94. The van der Waals surface area contributed by atoms with Crippen LogP contribution in [0.25, 0.3) is 0 Å². The Hall–Kier alpha value is -1.34. The van der Waals surface area contributed by atoms with Crippen LogP contribution in [0.3, 0.4) is 0 Å². The lowest BCUT2D eigenvalue weighted by molar-refractivity contribution is -0.120. The molecule has 0 saturated heterocycles. The maximum absolute atomic E-state index is 11.8. The molecule has 20 heavy (non-hydrogen) atoms. The maximum atomic E-state index is 11.8. The minimum atomic E-state index is -3.44. The van der Waals surface area contributed by atoms with Gasteiger partial charge in [-0.05, 0) is 18.2 Å². The van der Waals surface area contributed by atoms with Crippen molar-refractivity contribution in [2.45, 2.75) is 6.42 Å². The van der Waals surface area contributed by atoms with E-state index < -0.39 is 10.0 Å². The number of nitrogens with zero attached hydrogens (tertiary/aromatic N) is 1. The first-order valence-corrected chi connectivity index (χ1v) is 8.59. The van der Waals surface area contributed by atoms with Crippen molar-refractivity contribution in [1.82, 2.24) is 5.32 Å². The van der Waals surface area contributed by atoms with E-state index in [1.165, 1.54) is 4.31 Å². The third-order valence-corrected chi connectivity index (χ3v) is 4.17. The molecule has 7 heteroatoms. The highest BCUT2D eigenvalue weighted by atomic mass is 79.9. The van der Waals surface area contributed by atoms with Gasteiger partial charge in [-0.15, -0.1) is 6.58 Å². The number of rotatable bonds is 7. The van der Waals surface area contributed by atoms with E-state index in [4.69, 9.17) is 0 Å². The molecule has 0 aliphatic rings. The molecular weight excluding hydrogens is 344 g/mol. The molecule has 0 aliphatic heterocycles. The zero-order valence-corrected chi connectivity index (χ0v) is 13.6. The van der Waals surface area contributed by atoms with Crippen LogP contribution in [0.4, 0.5) is 5.69 Å². The molecule has 0 unspecified atom stereocenters. The van der Waals surface area contributed by atoms with Crippen LogP contribution < -0.4 is 9.62 Å². The van der Waals surface area contributed by atoms with Crippen molar-refractivity contribution in [2.24, 2.45) is 0 Å². The van der Waals surface area contributed by atoms with Crippen LogP contribution in [-0.2, 0) is 14.8 Å². The summed E-state index contributed by atoms with van der Waals surface area (Å²) in [6.07, 6.45) is 2.78. The summed E-state index contributed by atoms with van der Waals surface area (Å²) in [5, 5.41) is 2.61. The Morgan fingerprint density at radius 1 is 1.50 bits per heavy atom. The second kappa shape index (κ2) is 7.44. The van der Waals surface area contributed by atoms with Crippen LogP contribution in [0.2, 0.25) is 0 Å². The first-order valence-electron chi connectivity index (χ1n) is 5.95. The van der Waals surface area contributed by atoms with Gasteiger partial charge in [0, 0.05) is 24.0 Å². The highest BCUT2D eigenvalue weighted by Gasteiger charge is 2.18. The Kier molecular flexibility index (Phi) is 6.22. The fraction of sp³-hybridized carbons (Fsp3) is 0.308. The summed E-state index contributed by atoms with van der Waals surface area (Å²) < 4.78 is 25.7. The van der Waals surface area contributed by atoms with Crippen molar-refractivity contribution >= 4 is 37.5 Å². The first kappa shape index (κ1) is 16.7. The van der Waals surface area contributed by atoms with Crippen LogP contribution in [-0.4, -0.2) is 33.7 Å². The standard InChI is InChI=1S/C13H17BrN2O3S/c1-3-8-15-13(17)7-9-16(20(2,18)19)12-6-4-5-11(14)10-12/h3-6,10H,1,7-9H2,2H3,(H,15,17).